The molecular formula is C25H29FN4O2. The lowest BCUT2D eigenvalue weighted by atomic mass is 10.0. The van der Waals surface area contributed by atoms with Gasteiger partial charge in [0.2, 0.25) is 17.7 Å². The van der Waals surface area contributed by atoms with Crippen molar-refractivity contribution in [3.8, 4) is 0 Å². The summed E-state index contributed by atoms with van der Waals surface area (Å²) in [5.74, 6) is 1.13. The fourth-order valence-electron chi connectivity index (χ4n) is 4.21. The fraction of sp³-hybridized carbons (Fsp3) is 0.440. The maximum Gasteiger partial charge on any atom is 0.223 e. The second-order valence-corrected chi connectivity index (χ2v) is 8.78. The summed E-state index contributed by atoms with van der Waals surface area (Å²) < 4.78 is 18.9. The van der Waals surface area contributed by atoms with Crippen molar-refractivity contribution in [2.75, 3.05) is 6.54 Å². The van der Waals surface area contributed by atoms with E-state index in [0.29, 0.717) is 31.0 Å². The summed E-state index contributed by atoms with van der Waals surface area (Å²) >= 11 is 0. The standard InChI is InChI=1S/C25H29FN4O2/c1-16(2)25-29-28-23(32-25)10-11-24(31)30-12-4-5-22(30)21-15-19(13-17(3)27-21)14-18-6-8-20(26)9-7-18/h6-9,13,15-16,22H,4-5,10-12,14H2,1-3H3/t22-/m1/s1. The smallest absolute Gasteiger partial charge is 0.223 e. The topological polar surface area (TPSA) is 72.1 Å². The van der Waals surface area contributed by atoms with Gasteiger partial charge in [-0.1, -0.05) is 26.0 Å². The van der Waals surface area contributed by atoms with Crippen molar-refractivity contribution >= 4 is 5.91 Å². The van der Waals surface area contributed by atoms with Gasteiger partial charge in [-0.15, -0.1) is 10.2 Å². The number of carbonyl (C=O) groups is 1. The molecule has 0 unspecified atom stereocenters. The molecule has 0 spiro atoms. The molecule has 32 heavy (non-hydrogen) atoms. The molecule has 0 aliphatic carbocycles. The summed E-state index contributed by atoms with van der Waals surface area (Å²) in [6, 6.07) is 10.7. The Balaban J connectivity index is 1.45. The van der Waals surface area contributed by atoms with E-state index in [9.17, 15) is 9.18 Å². The number of aryl methyl sites for hydroxylation is 2. The molecule has 1 aliphatic rings. The number of amides is 1. The molecule has 6 nitrogen and oxygen atoms in total. The molecule has 168 valence electrons. The molecule has 2 aromatic heterocycles. The van der Waals surface area contributed by atoms with E-state index in [2.05, 4.69) is 22.3 Å². The first-order chi connectivity index (χ1) is 15.4. The molecule has 7 heteroatoms. The Morgan fingerprint density at radius 2 is 1.97 bits per heavy atom. The minimum Gasteiger partial charge on any atom is -0.425 e. The van der Waals surface area contributed by atoms with E-state index < -0.39 is 0 Å². The number of pyridine rings is 1. The highest BCUT2D eigenvalue weighted by atomic mass is 19.1. The minimum absolute atomic E-state index is 0.0247. The first-order valence-electron chi connectivity index (χ1n) is 11.2. The number of aromatic nitrogens is 3. The van der Waals surface area contributed by atoms with Gasteiger partial charge in [0.05, 0.1) is 11.7 Å². The minimum atomic E-state index is -0.235. The summed E-state index contributed by atoms with van der Waals surface area (Å²) in [5, 5.41) is 8.10. The first kappa shape index (κ1) is 22.1. The van der Waals surface area contributed by atoms with Crippen LogP contribution < -0.4 is 0 Å². The summed E-state index contributed by atoms with van der Waals surface area (Å²) in [7, 11) is 0. The zero-order valence-corrected chi connectivity index (χ0v) is 18.8. The van der Waals surface area contributed by atoms with Crippen LogP contribution in [0.4, 0.5) is 4.39 Å². The largest absolute Gasteiger partial charge is 0.425 e. The molecule has 0 radical (unpaired) electrons. The number of halogens is 1. The van der Waals surface area contributed by atoms with Gasteiger partial charge in [0.1, 0.15) is 5.82 Å². The third-order valence-corrected chi connectivity index (χ3v) is 5.80. The quantitative estimate of drug-likeness (QED) is 0.526. The van der Waals surface area contributed by atoms with E-state index in [1.807, 2.05) is 25.7 Å². The third-order valence-electron chi connectivity index (χ3n) is 5.80. The second-order valence-electron chi connectivity index (χ2n) is 8.78. The molecule has 0 bridgehead atoms. The Morgan fingerprint density at radius 3 is 2.69 bits per heavy atom. The number of carbonyl (C=O) groups excluding carboxylic acids is 1. The van der Waals surface area contributed by atoms with Crippen LogP contribution in [0.3, 0.4) is 0 Å². The van der Waals surface area contributed by atoms with Gasteiger partial charge in [0.15, 0.2) is 0 Å². The van der Waals surface area contributed by atoms with Gasteiger partial charge in [-0.3, -0.25) is 9.78 Å². The molecule has 0 N–H and O–H groups in total. The lowest BCUT2D eigenvalue weighted by Crippen LogP contribution is -2.31. The van der Waals surface area contributed by atoms with Gasteiger partial charge in [-0.05, 0) is 61.6 Å². The maximum absolute atomic E-state index is 13.2. The number of hydrogen-bond acceptors (Lipinski definition) is 5. The highest BCUT2D eigenvalue weighted by Crippen LogP contribution is 2.32. The summed E-state index contributed by atoms with van der Waals surface area (Å²) in [6.45, 7) is 6.70. The summed E-state index contributed by atoms with van der Waals surface area (Å²) in [6.07, 6.45) is 3.34. The zero-order chi connectivity index (χ0) is 22.7. The van der Waals surface area contributed by atoms with Crippen LogP contribution in [0.1, 0.15) is 79.4 Å². The van der Waals surface area contributed by atoms with E-state index in [1.54, 1.807) is 12.1 Å². The van der Waals surface area contributed by atoms with Crippen LogP contribution in [0, 0.1) is 12.7 Å². The van der Waals surface area contributed by atoms with Gasteiger partial charge in [-0.2, -0.15) is 0 Å². The summed E-state index contributed by atoms with van der Waals surface area (Å²) in [5.41, 5.74) is 4.01. The molecule has 0 saturated carbocycles. The maximum atomic E-state index is 13.2. The molecular weight excluding hydrogens is 407 g/mol. The highest BCUT2D eigenvalue weighted by molar-refractivity contribution is 5.77. The lowest BCUT2D eigenvalue weighted by molar-refractivity contribution is -0.132. The van der Waals surface area contributed by atoms with E-state index in [1.165, 1.54) is 12.1 Å². The van der Waals surface area contributed by atoms with Gasteiger partial charge < -0.3 is 9.32 Å². The average molecular weight is 437 g/mol. The van der Waals surface area contributed by atoms with Crippen molar-refractivity contribution in [3.05, 3.63) is 76.5 Å². The molecule has 3 heterocycles. The number of nitrogens with zero attached hydrogens (tertiary/aromatic N) is 4. The van der Waals surface area contributed by atoms with E-state index in [0.717, 1.165) is 41.9 Å². The van der Waals surface area contributed by atoms with Crippen molar-refractivity contribution in [2.24, 2.45) is 0 Å². The van der Waals surface area contributed by atoms with Gasteiger partial charge in [-0.25, -0.2) is 4.39 Å². The monoisotopic (exact) mass is 436 g/mol. The van der Waals surface area contributed by atoms with Gasteiger partial charge in [0.25, 0.3) is 0 Å². The van der Waals surface area contributed by atoms with Crippen molar-refractivity contribution in [3.63, 3.8) is 0 Å². The fourth-order valence-corrected chi connectivity index (χ4v) is 4.21. The number of benzene rings is 1. The SMILES string of the molecule is Cc1cc(Cc2ccc(F)cc2)cc([C@H]2CCCN2C(=O)CCc2nnc(C(C)C)o2)n1. The van der Waals surface area contributed by atoms with Crippen LogP contribution in [0.25, 0.3) is 0 Å². The molecule has 3 aromatic rings. The Bertz CT molecular complexity index is 1080. The third kappa shape index (κ3) is 5.21. The van der Waals surface area contributed by atoms with E-state index in [4.69, 9.17) is 9.40 Å². The Labute approximate surface area is 187 Å². The van der Waals surface area contributed by atoms with Crippen LogP contribution in [-0.2, 0) is 17.6 Å². The number of hydrogen-bond donors (Lipinski definition) is 0. The van der Waals surface area contributed by atoms with Crippen molar-refractivity contribution in [2.45, 2.75) is 64.8 Å². The second kappa shape index (κ2) is 9.59. The number of rotatable bonds is 7. The molecule has 1 saturated heterocycles. The first-order valence-corrected chi connectivity index (χ1v) is 11.2. The molecule has 4 rings (SSSR count). The van der Waals surface area contributed by atoms with Crippen LogP contribution >= 0.6 is 0 Å². The normalized spacial score (nSPS) is 16.2. The predicted molar refractivity (Wildman–Crippen MR) is 119 cm³/mol. The molecule has 1 fully saturated rings. The Hall–Kier alpha value is -3.09. The lowest BCUT2D eigenvalue weighted by Gasteiger charge is -2.25. The predicted octanol–water partition coefficient (Wildman–Crippen LogP) is 4.92. The molecule has 1 aliphatic heterocycles. The Kier molecular flexibility index (Phi) is 6.63. The number of likely N-dealkylation sites (tertiary alicyclic amines) is 1. The van der Waals surface area contributed by atoms with E-state index >= 15 is 0 Å². The van der Waals surface area contributed by atoms with Gasteiger partial charge in [0, 0.05) is 31.0 Å². The Morgan fingerprint density at radius 1 is 1.19 bits per heavy atom. The van der Waals surface area contributed by atoms with Crippen molar-refractivity contribution in [1.29, 1.82) is 0 Å². The molecule has 1 aromatic carbocycles. The molecule has 1 atom stereocenters. The van der Waals surface area contributed by atoms with Gasteiger partial charge >= 0.3 is 0 Å². The van der Waals surface area contributed by atoms with Crippen LogP contribution in [-0.4, -0.2) is 32.5 Å². The zero-order valence-electron chi connectivity index (χ0n) is 18.8. The van der Waals surface area contributed by atoms with E-state index in [-0.39, 0.29) is 23.7 Å². The van der Waals surface area contributed by atoms with Crippen LogP contribution in [0.15, 0.2) is 40.8 Å². The average Bonchev–Trinajstić information content (AvgIpc) is 3.43. The van der Waals surface area contributed by atoms with Crippen molar-refractivity contribution < 1.29 is 13.6 Å². The highest BCUT2D eigenvalue weighted by Gasteiger charge is 2.31. The summed E-state index contributed by atoms with van der Waals surface area (Å²) in [4.78, 5) is 19.7. The van der Waals surface area contributed by atoms with Crippen LogP contribution in [0.5, 0.6) is 0 Å². The van der Waals surface area contributed by atoms with Crippen molar-refractivity contribution in [1.82, 2.24) is 20.1 Å². The van der Waals surface area contributed by atoms with Crippen LogP contribution in [0.2, 0.25) is 0 Å². The molecule has 1 amide bonds.